The molecule has 1 heterocycles. The minimum absolute atomic E-state index is 0.0681. The van der Waals surface area contributed by atoms with E-state index >= 15 is 0 Å². The number of piperazine rings is 1. The maximum atomic E-state index is 12.4. The molecule has 0 N–H and O–H groups in total. The maximum absolute atomic E-state index is 12.4. The van der Waals surface area contributed by atoms with Crippen LogP contribution in [0.25, 0.3) is 6.08 Å². The van der Waals surface area contributed by atoms with Crippen LogP contribution in [0.15, 0.2) is 48.5 Å². The van der Waals surface area contributed by atoms with E-state index in [0.29, 0.717) is 36.2 Å². The monoisotopic (exact) mass is 405 g/mol. The molecule has 0 radical (unpaired) electrons. The van der Waals surface area contributed by atoms with Crippen molar-refractivity contribution >= 4 is 46.6 Å². The summed E-state index contributed by atoms with van der Waals surface area (Å²) in [5.41, 5.74) is 1.72. The molecule has 0 spiro atoms. The summed E-state index contributed by atoms with van der Waals surface area (Å²) in [5.74, 6) is -0.0793. The predicted molar refractivity (Wildman–Crippen MR) is 107 cm³/mol. The Labute approximate surface area is 166 Å². The molecule has 3 rings (SSSR count). The third-order valence-electron chi connectivity index (χ3n) is 4.38. The number of nitro benzene ring substituents is 1. The van der Waals surface area contributed by atoms with Crippen molar-refractivity contribution in [1.29, 1.82) is 0 Å². The van der Waals surface area contributed by atoms with Crippen molar-refractivity contribution in [3.63, 3.8) is 0 Å². The Morgan fingerprint density at radius 3 is 2.30 bits per heavy atom. The average Bonchev–Trinajstić information content (AvgIpc) is 2.67. The molecule has 0 unspecified atom stereocenters. The lowest BCUT2D eigenvalue weighted by Crippen LogP contribution is -2.48. The van der Waals surface area contributed by atoms with Gasteiger partial charge >= 0.3 is 0 Å². The van der Waals surface area contributed by atoms with Crippen LogP contribution in [0.1, 0.15) is 5.56 Å². The van der Waals surface area contributed by atoms with Crippen LogP contribution in [0, 0.1) is 10.1 Å². The molecule has 0 saturated carbocycles. The molecule has 0 bridgehead atoms. The van der Waals surface area contributed by atoms with Gasteiger partial charge in [0.25, 0.3) is 5.69 Å². The summed E-state index contributed by atoms with van der Waals surface area (Å²) >= 11 is 12.0. The molecule has 1 saturated heterocycles. The van der Waals surface area contributed by atoms with Crippen LogP contribution >= 0.6 is 23.2 Å². The summed E-state index contributed by atoms with van der Waals surface area (Å²) in [6.45, 7) is 2.49. The standard InChI is InChI=1S/C19H17Cl2N3O3/c20-15-3-1-14(18(21)13-15)2-8-19(25)23-11-9-22(10-12-23)16-4-6-17(7-5-16)24(26)27/h1-8,13H,9-12H2. The number of carbonyl (C=O) groups excluding carboxylic acids is 1. The van der Waals surface area contributed by atoms with Crippen molar-refractivity contribution in [1.82, 2.24) is 4.90 Å². The first-order valence-electron chi connectivity index (χ1n) is 8.35. The Balaban J connectivity index is 1.57. The third-order valence-corrected chi connectivity index (χ3v) is 4.95. The van der Waals surface area contributed by atoms with Crippen LogP contribution in [0.3, 0.4) is 0 Å². The van der Waals surface area contributed by atoms with Gasteiger partial charge in [-0.15, -0.1) is 0 Å². The highest BCUT2D eigenvalue weighted by Crippen LogP contribution is 2.23. The highest BCUT2D eigenvalue weighted by molar-refractivity contribution is 6.35. The number of nitrogens with zero attached hydrogens (tertiary/aromatic N) is 3. The van der Waals surface area contributed by atoms with Crippen molar-refractivity contribution in [2.75, 3.05) is 31.1 Å². The molecule has 1 aliphatic heterocycles. The third kappa shape index (κ3) is 4.78. The Hall–Kier alpha value is -2.57. The largest absolute Gasteiger partial charge is 0.368 e. The fraction of sp³-hybridized carbons (Fsp3) is 0.211. The second-order valence-electron chi connectivity index (χ2n) is 6.09. The van der Waals surface area contributed by atoms with E-state index in [4.69, 9.17) is 23.2 Å². The van der Waals surface area contributed by atoms with E-state index in [1.165, 1.54) is 18.2 Å². The van der Waals surface area contributed by atoms with Gasteiger partial charge in [-0.25, -0.2) is 0 Å². The minimum atomic E-state index is -0.417. The number of rotatable bonds is 4. The predicted octanol–water partition coefficient (Wildman–Crippen LogP) is 4.26. The number of carbonyl (C=O) groups is 1. The van der Waals surface area contributed by atoms with Gasteiger partial charge in [0.1, 0.15) is 0 Å². The summed E-state index contributed by atoms with van der Waals surface area (Å²) in [4.78, 5) is 26.6. The zero-order chi connectivity index (χ0) is 19.4. The molecular weight excluding hydrogens is 389 g/mol. The van der Waals surface area contributed by atoms with Gasteiger partial charge in [-0.3, -0.25) is 14.9 Å². The Kier molecular flexibility index (Phi) is 5.98. The maximum Gasteiger partial charge on any atom is 0.269 e. The summed E-state index contributed by atoms with van der Waals surface area (Å²) < 4.78 is 0. The number of non-ortho nitro benzene ring substituents is 1. The van der Waals surface area contributed by atoms with Crippen LogP contribution in [-0.2, 0) is 4.79 Å². The molecule has 0 aliphatic carbocycles. The highest BCUT2D eigenvalue weighted by atomic mass is 35.5. The first-order chi connectivity index (χ1) is 12.9. The van der Waals surface area contributed by atoms with Crippen LogP contribution in [0.4, 0.5) is 11.4 Å². The van der Waals surface area contributed by atoms with E-state index in [-0.39, 0.29) is 11.6 Å². The number of nitro groups is 1. The lowest BCUT2D eigenvalue weighted by Gasteiger charge is -2.35. The Morgan fingerprint density at radius 1 is 1.04 bits per heavy atom. The first kappa shape index (κ1) is 19.2. The number of amides is 1. The van der Waals surface area contributed by atoms with Gasteiger partial charge in [0.05, 0.1) is 4.92 Å². The minimum Gasteiger partial charge on any atom is -0.368 e. The summed E-state index contributed by atoms with van der Waals surface area (Å²) in [7, 11) is 0. The van der Waals surface area contributed by atoms with Gasteiger partial charge in [0.2, 0.25) is 5.91 Å². The zero-order valence-corrected chi connectivity index (χ0v) is 15.9. The number of benzene rings is 2. The second-order valence-corrected chi connectivity index (χ2v) is 6.93. The second kappa shape index (κ2) is 8.41. The topological polar surface area (TPSA) is 66.7 Å². The number of halogens is 2. The Bertz CT molecular complexity index is 876. The van der Waals surface area contributed by atoms with Crippen molar-refractivity contribution in [3.05, 3.63) is 74.3 Å². The van der Waals surface area contributed by atoms with Crippen molar-refractivity contribution < 1.29 is 9.72 Å². The SMILES string of the molecule is O=C(C=Cc1ccc(Cl)cc1Cl)N1CCN(c2ccc([N+](=O)[O-])cc2)CC1. The molecule has 140 valence electrons. The van der Waals surface area contributed by atoms with Crippen LogP contribution in [0.5, 0.6) is 0 Å². The number of hydrogen-bond donors (Lipinski definition) is 0. The first-order valence-corrected chi connectivity index (χ1v) is 9.11. The van der Waals surface area contributed by atoms with Gasteiger partial charge in [0.15, 0.2) is 0 Å². The van der Waals surface area contributed by atoms with Gasteiger partial charge in [-0.1, -0.05) is 29.3 Å². The van der Waals surface area contributed by atoms with Crippen LogP contribution < -0.4 is 4.90 Å². The van der Waals surface area contributed by atoms with E-state index in [1.807, 2.05) is 0 Å². The lowest BCUT2D eigenvalue weighted by atomic mass is 10.2. The fourth-order valence-electron chi connectivity index (χ4n) is 2.87. The molecule has 1 aliphatic rings. The summed E-state index contributed by atoms with van der Waals surface area (Å²) in [6, 6.07) is 11.6. The van der Waals surface area contributed by atoms with E-state index < -0.39 is 4.92 Å². The summed E-state index contributed by atoms with van der Waals surface area (Å²) in [5, 5.41) is 11.8. The highest BCUT2D eigenvalue weighted by Gasteiger charge is 2.20. The molecule has 2 aromatic carbocycles. The molecule has 27 heavy (non-hydrogen) atoms. The quantitative estimate of drug-likeness (QED) is 0.432. The number of hydrogen-bond acceptors (Lipinski definition) is 4. The zero-order valence-electron chi connectivity index (χ0n) is 14.3. The van der Waals surface area contributed by atoms with E-state index in [9.17, 15) is 14.9 Å². The van der Waals surface area contributed by atoms with Gasteiger partial charge in [-0.05, 0) is 35.9 Å². The molecule has 6 nitrogen and oxygen atoms in total. The average molecular weight is 406 g/mol. The fourth-order valence-corrected chi connectivity index (χ4v) is 3.34. The Morgan fingerprint density at radius 2 is 1.70 bits per heavy atom. The van der Waals surface area contributed by atoms with E-state index in [2.05, 4.69) is 4.90 Å². The van der Waals surface area contributed by atoms with Crippen LogP contribution in [0.2, 0.25) is 10.0 Å². The molecular formula is C19H17Cl2N3O3. The van der Waals surface area contributed by atoms with Gasteiger partial charge in [-0.2, -0.15) is 0 Å². The van der Waals surface area contributed by atoms with Gasteiger partial charge < -0.3 is 9.80 Å². The van der Waals surface area contributed by atoms with E-state index in [0.717, 1.165) is 11.3 Å². The molecule has 2 aromatic rings. The molecule has 8 heteroatoms. The smallest absolute Gasteiger partial charge is 0.269 e. The normalized spacial score (nSPS) is 14.6. The van der Waals surface area contributed by atoms with Crippen molar-refractivity contribution in [3.8, 4) is 0 Å². The van der Waals surface area contributed by atoms with E-state index in [1.54, 1.807) is 41.3 Å². The van der Waals surface area contributed by atoms with Gasteiger partial charge in [0, 0.05) is 60.1 Å². The van der Waals surface area contributed by atoms with Crippen molar-refractivity contribution in [2.24, 2.45) is 0 Å². The van der Waals surface area contributed by atoms with Crippen LogP contribution in [-0.4, -0.2) is 41.9 Å². The molecule has 0 atom stereocenters. The lowest BCUT2D eigenvalue weighted by molar-refractivity contribution is -0.384. The number of anilines is 1. The summed E-state index contributed by atoms with van der Waals surface area (Å²) in [6.07, 6.45) is 3.19. The molecule has 1 amide bonds. The van der Waals surface area contributed by atoms with Crippen molar-refractivity contribution in [2.45, 2.75) is 0 Å². The molecule has 0 aromatic heterocycles. The molecule has 1 fully saturated rings.